The summed E-state index contributed by atoms with van der Waals surface area (Å²) in [6.45, 7) is 10.6. The minimum Gasteiger partial charge on any atom is -0.372 e. The van der Waals surface area contributed by atoms with Crippen molar-refractivity contribution in [3.8, 4) is 0 Å². The van der Waals surface area contributed by atoms with Crippen molar-refractivity contribution >= 4 is 23.1 Å². The van der Waals surface area contributed by atoms with Crippen molar-refractivity contribution in [1.82, 2.24) is 9.97 Å². The lowest BCUT2D eigenvalue weighted by Gasteiger charge is -2.22. The molecule has 0 atom stereocenters. The third-order valence-corrected chi connectivity index (χ3v) is 5.14. The van der Waals surface area contributed by atoms with Crippen LogP contribution in [0.1, 0.15) is 50.8 Å². The summed E-state index contributed by atoms with van der Waals surface area (Å²) in [5.41, 5.74) is 4.54. The maximum atomic E-state index is 4.68. The SMILES string of the molecule is CCN(CC)c1ccc(Nc2cc(C)nc(NC3CCCC3)n2)c(C)c1. The lowest BCUT2D eigenvalue weighted by atomic mass is 10.1. The van der Waals surface area contributed by atoms with Gasteiger partial charge in [-0.25, -0.2) is 4.98 Å². The van der Waals surface area contributed by atoms with Gasteiger partial charge >= 0.3 is 0 Å². The molecular weight excluding hydrogens is 322 g/mol. The Kier molecular flexibility index (Phi) is 5.96. The molecule has 1 aliphatic carbocycles. The number of rotatable bonds is 7. The monoisotopic (exact) mass is 353 g/mol. The Morgan fingerprint density at radius 3 is 2.42 bits per heavy atom. The van der Waals surface area contributed by atoms with Gasteiger partial charge in [-0.2, -0.15) is 4.98 Å². The number of anilines is 4. The van der Waals surface area contributed by atoms with Crippen LogP contribution in [0.3, 0.4) is 0 Å². The molecule has 0 amide bonds. The molecule has 0 bridgehead atoms. The molecule has 3 rings (SSSR count). The van der Waals surface area contributed by atoms with E-state index in [1.165, 1.54) is 36.9 Å². The molecule has 1 saturated carbocycles. The van der Waals surface area contributed by atoms with E-state index < -0.39 is 0 Å². The summed E-state index contributed by atoms with van der Waals surface area (Å²) in [4.78, 5) is 11.6. The van der Waals surface area contributed by atoms with Crippen molar-refractivity contribution in [2.75, 3.05) is 28.6 Å². The third kappa shape index (κ3) is 4.45. The van der Waals surface area contributed by atoms with Crippen LogP contribution in [0.15, 0.2) is 24.3 Å². The van der Waals surface area contributed by atoms with Gasteiger partial charge in [-0.15, -0.1) is 0 Å². The highest BCUT2D eigenvalue weighted by Crippen LogP contribution is 2.26. The summed E-state index contributed by atoms with van der Waals surface area (Å²) < 4.78 is 0. The van der Waals surface area contributed by atoms with Crippen molar-refractivity contribution in [1.29, 1.82) is 0 Å². The molecule has 1 heterocycles. The highest BCUT2D eigenvalue weighted by molar-refractivity contribution is 5.65. The Morgan fingerprint density at radius 1 is 1.04 bits per heavy atom. The summed E-state index contributed by atoms with van der Waals surface area (Å²) in [5, 5.41) is 6.96. The molecular formula is C21H31N5. The summed E-state index contributed by atoms with van der Waals surface area (Å²) in [6, 6.07) is 9.07. The molecule has 0 aliphatic heterocycles. The van der Waals surface area contributed by atoms with E-state index >= 15 is 0 Å². The first-order valence-corrected chi connectivity index (χ1v) is 9.84. The number of aromatic nitrogens is 2. The highest BCUT2D eigenvalue weighted by Gasteiger charge is 2.16. The molecule has 2 N–H and O–H groups in total. The van der Waals surface area contributed by atoms with Crippen LogP contribution in [0.5, 0.6) is 0 Å². The van der Waals surface area contributed by atoms with E-state index in [0.29, 0.717) is 6.04 Å². The van der Waals surface area contributed by atoms with Crippen LogP contribution in [-0.4, -0.2) is 29.1 Å². The van der Waals surface area contributed by atoms with Crippen LogP contribution >= 0.6 is 0 Å². The second-order valence-corrected chi connectivity index (χ2v) is 7.14. The Labute approximate surface area is 157 Å². The fourth-order valence-corrected chi connectivity index (χ4v) is 3.66. The maximum absolute atomic E-state index is 4.68. The smallest absolute Gasteiger partial charge is 0.225 e. The summed E-state index contributed by atoms with van der Waals surface area (Å²) >= 11 is 0. The molecule has 1 aliphatic rings. The summed E-state index contributed by atoms with van der Waals surface area (Å²) in [7, 11) is 0. The number of nitrogens with zero attached hydrogens (tertiary/aromatic N) is 3. The van der Waals surface area contributed by atoms with Gasteiger partial charge in [0.25, 0.3) is 0 Å². The van der Waals surface area contributed by atoms with Gasteiger partial charge in [-0.1, -0.05) is 12.8 Å². The summed E-state index contributed by atoms with van der Waals surface area (Å²) in [6.07, 6.45) is 5.03. The predicted octanol–water partition coefficient (Wildman–Crippen LogP) is 5.04. The average Bonchev–Trinajstić information content (AvgIpc) is 3.11. The normalized spacial score (nSPS) is 14.5. The molecule has 0 saturated heterocycles. The van der Waals surface area contributed by atoms with Crippen LogP contribution in [0.2, 0.25) is 0 Å². The van der Waals surface area contributed by atoms with Crippen molar-refractivity contribution in [3.05, 3.63) is 35.5 Å². The number of benzene rings is 1. The van der Waals surface area contributed by atoms with E-state index in [-0.39, 0.29) is 0 Å². The van der Waals surface area contributed by atoms with Gasteiger partial charge in [0.2, 0.25) is 5.95 Å². The molecule has 5 nitrogen and oxygen atoms in total. The quantitative estimate of drug-likeness (QED) is 0.730. The zero-order valence-electron chi connectivity index (χ0n) is 16.5. The molecule has 140 valence electrons. The predicted molar refractivity (Wildman–Crippen MR) is 111 cm³/mol. The minimum atomic E-state index is 0.514. The first-order valence-electron chi connectivity index (χ1n) is 9.84. The molecule has 0 spiro atoms. The number of nitrogens with one attached hydrogen (secondary N) is 2. The van der Waals surface area contributed by atoms with Crippen molar-refractivity contribution in [3.63, 3.8) is 0 Å². The van der Waals surface area contributed by atoms with E-state index in [0.717, 1.165) is 36.2 Å². The second-order valence-electron chi connectivity index (χ2n) is 7.14. The van der Waals surface area contributed by atoms with Crippen molar-refractivity contribution < 1.29 is 0 Å². The zero-order chi connectivity index (χ0) is 18.5. The van der Waals surface area contributed by atoms with E-state index in [1.807, 2.05) is 13.0 Å². The Morgan fingerprint density at radius 2 is 1.77 bits per heavy atom. The highest BCUT2D eigenvalue weighted by atomic mass is 15.2. The number of hydrogen-bond donors (Lipinski definition) is 2. The molecule has 1 aromatic carbocycles. The fraction of sp³-hybridized carbons (Fsp3) is 0.524. The number of aryl methyl sites for hydroxylation is 2. The Hall–Kier alpha value is -2.30. The molecule has 26 heavy (non-hydrogen) atoms. The van der Waals surface area contributed by atoms with Crippen molar-refractivity contribution in [2.45, 2.75) is 59.4 Å². The Bertz CT molecular complexity index is 733. The topological polar surface area (TPSA) is 53.1 Å². The lowest BCUT2D eigenvalue weighted by Crippen LogP contribution is -2.21. The number of hydrogen-bond acceptors (Lipinski definition) is 5. The van der Waals surface area contributed by atoms with Gasteiger partial charge in [-0.05, 0) is 64.3 Å². The largest absolute Gasteiger partial charge is 0.372 e. The van der Waals surface area contributed by atoms with E-state index in [9.17, 15) is 0 Å². The molecule has 2 aromatic rings. The van der Waals surface area contributed by atoms with Crippen LogP contribution in [0, 0.1) is 13.8 Å². The molecule has 1 aromatic heterocycles. The van der Waals surface area contributed by atoms with Gasteiger partial charge < -0.3 is 15.5 Å². The van der Waals surface area contributed by atoms with Gasteiger partial charge in [0.1, 0.15) is 5.82 Å². The second kappa shape index (κ2) is 8.39. The fourth-order valence-electron chi connectivity index (χ4n) is 3.66. The Balaban J connectivity index is 1.76. The van der Waals surface area contributed by atoms with Crippen LogP contribution in [0.25, 0.3) is 0 Å². The molecule has 5 heteroatoms. The minimum absolute atomic E-state index is 0.514. The average molecular weight is 354 g/mol. The first-order chi connectivity index (χ1) is 12.6. The van der Waals surface area contributed by atoms with Crippen LogP contribution < -0.4 is 15.5 Å². The van der Waals surface area contributed by atoms with Gasteiger partial charge in [0.05, 0.1) is 0 Å². The van der Waals surface area contributed by atoms with Gasteiger partial charge in [0.15, 0.2) is 0 Å². The molecule has 0 unspecified atom stereocenters. The van der Waals surface area contributed by atoms with E-state index in [1.54, 1.807) is 0 Å². The van der Waals surface area contributed by atoms with Crippen molar-refractivity contribution in [2.24, 2.45) is 0 Å². The van der Waals surface area contributed by atoms with Crippen LogP contribution in [-0.2, 0) is 0 Å². The van der Waals surface area contributed by atoms with E-state index in [4.69, 9.17) is 0 Å². The lowest BCUT2D eigenvalue weighted by molar-refractivity contribution is 0.743. The van der Waals surface area contributed by atoms with Gasteiger partial charge in [-0.3, -0.25) is 0 Å². The van der Waals surface area contributed by atoms with Gasteiger partial charge in [0, 0.05) is 42.3 Å². The summed E-state index contributed by atoms with van der Waals surface area (Å²) in [5.74, 6) is 1.58. The first kappa shape index (κ1) is 18.5. The molecule has 1 fully saturated rings. The van der Waals surface area contributed by atoms with E-state index in [2.05, 4.69) is 64.5 Å². The molecule has 0 radical (unpaired) electrons. The third-order valence-electron chi connectivity index (χ3n) is 5.14. The maximum Gasteiger partial charge on any atom is 0.225 e. The van der Waals surface area contributed by atoms with Crippen LogP contribution in [0.4, 0.5) is 23.1 Å². The zero-order valence-corrected chi connectivity index (χ0v) is 16.5. The standard InChI is InChI=1S/C21H31N5/c1-5-26(6-2)18-11-12-19(15(3)13-18)24-20-14-16(4)22-21(25-20)23-17-9-7-8-10-17/h11-14,17H,5-10H2,1-4H3,(H2,22,23,24,25).